The number of azo groups is 1. The van der Waals surface area contributed by atoms with Gasteiger partial charge in [-0.25, -0.2) is 9.37 Å². The number of hydrogen-bond acceptors (Lipinski definition) is 4. The molecule has 26 heavy (non-hydrogen) atoms. The zero-order chi connectivity index (χ0) is 17.9. The fourth-order valence-corrected chi connectivity index (χ4v) is 2.74. The van der Waals surface area contributed by atoms with Gasteiger partial charge >= 0.3 is 0 Å². The second-order valence-electron chi connectivity index (χ2n) is 5.59. The van der Waals surface area contributed by atoms with Gasteiger partial charge in [0.1, 0.15) is 22.9 Å². The molecule has 0 atom stereocenters. The quantitative estimate of drug-likeness (QED) is 0.454. The first kappa shape index (κ1) is 16.0. The van der Waals surface area contributed by atoms with E-state index in [1.54, 1.807) is 19.2 Å². The number of aromatic nitrogens is 2. The molecule has 0 amide bonds. The van der Waals surface area contributed by atoms with Crippen LogP contribution in [0.25, 0.3) is 16.9 Å². The number of rotatable bonds is 4. The molecule has 0 aliphatic heterocycles. The molecule has 4 rings (SSSR count). The van der Waals surface area contributed by atoms with Gasteiger partial charge < -0.3 is 4.74 Å². The SMILES string of the molecule is COc1ccccc1-c1nc2ccccn2c1N=Nc1cccc(F)c1. The van der Waals surface area contributed by atoms with Gasteiger partial charge in [0.25, 0.3) is 0 Å². The van der Waals surface area contributed by atoms with E-state index >= 15 is 0 Å². The van der Waals surface area contributed by atoms with Crippen LogP contribution >= 0.6 is 0 Å². The Labute approximate surface area is 149 Å². The third kappa shape index (κ3) is 2.93. The van der Waals surface area contributed by atoms with Crippen molar-refractivity contribution in [1.82, 2.24) is 9.38 Å². The number of hydrogen-bond donors (Lipinski definition) is 0. The van der Waals surface area contributed by atoms with Crippen molar-refractivity contribution < 1.29 is 9.13 Å². The van der Waals surface area contributed by atoms with Crippen LogP contribution in [0.5, 0.6) is 5.75 Å². The Kier molecular flexibility index (Phi) is 4.15. The fourth-order valence-electron chi connectivity index (χ4n) is 2.74. The summed E-state index contributed by atoms with van der Waals surface area (Å²) in [5, 5.41) is 8.55. The lowest BCUT2D eigenvalue weighted by molar-refractivity contribution is 0.416. The van der Waals surface area contributed by atoms with Crippen molar-refractivity contribution in [3.05, 3.63) is 78.7 Å². The number of para-hydroxylation sites is 1. The number of halogens is 1. The van der Waals surface area contributed by atoms with Crippen LogP contribution in [0.15, 0.2) is 83.2 Å². The number of imidazole rings is 1. The Balaban J connectivity index is 1.90. The Bertz CT molecular complexity index is 1100. The number of methoxy groups -OCH3 is 1. The van der Waals surface area contributed by atoms with Crippen LogP contribution < -0.4 is 4.74 Å². The lowest BCUT2D eigenvalue weighted by Crippen LogP contribution is -1.88. The first-order valence-electron chi connectivity index (χ1n) is 8.04. The molecule has 0 spiro atoms. The van der Waals surface area contributed by atoms with Gasteiger partial charge in [-0.1, -0.05) is 24.3 Å². The summed E-state index contributed by atoms with van der Waals surface area (Å²) < 4.78 is 20.7. The maximum Gasteiger partial charge on any atom is 0.187 e. The molecule has 2 aromatic carbocycles. The molecule has 5 nitrogen and oxygen atoms in total. The normalized spacial score (nSPS) is 11.3. The first-order chi connectivity index (χ1) is 12.8. The van der Waals surface area contributed by atoms with E-state index in [1.807, 2.05) is 53.1 Å². The van der Waals surface area contributed by atoms with Crippen molar-refractivity contribution >= 4 is 17.2 Å². The fraction of sp³-hybridized carbons (Fsp3) is 0.0500. The van der Waals surface area contributed by atoms with Gasteiger partial charge in [-0.3, -0.25) is 4.40 Å². The van der Waals surface area contributed by atoms with Crippen molar-refractivity contribution in [2.24, 2.45) is 10.2 Å². The minimum Gasteiger partial charge on any atom is -0.496 e. The third-order valence-electron chi connectivity index (χ3n) is 3.94. The molecule has 2 aromatic heterocycles. The van der Waals surface area contributed by atoms with E-state index in [1.165, 1.54) is 12.1 Å². The summed E-state index contributed by atoms with van der Waals surface area (Å²) in [5.74, 6) is 0.886. The molecule has 0 radical (unpaired) electrons. The van der Waals surface area contributed by atoms with E-state index in [-0.39, 0.29) is 5.82 Å². The highest BCUT2D eigenvalue weighted by atomic mass is 19.1. The van der Waals surface area contributed by atoms with Crippen LogP contribution in [0.4, 0.5) is 15.9 Å². The van der Waals surface area contributed by atoms with E-state index in [9.17, 15) is 4.39 Å². The molecule has 0 saturated heterocycles. The molecule has 2 heterocycles. The minimum atomic E-state index is -0.357. The summed E-state index contributed by atoms with van der Waals surface area (Å²) >= 11 is 0. The zero-order valence-electron chi connectivity index (χ0n) is 14.0. The topological polar surface area (TPSA) is 51.2 Å². The van der Waals surface area contributed by atoms with Crippen LogP contribution in [0.3, 0.4) is 0 Å². The third-order valence-corrected chi connectivity index (χ3v) is 3.94. The molecular weight excluding hydrogens is 331 g/mol. The highest BCUT2D eigenvalue weighted by Crippen LogP contribution is 2.37. The van der Waals surface area contributed by atoms with Crippen molar-refractivity contribution in [2.75, 3.05) is 7.11 Å². The summed E-state index contributed by atoms with van der Waals surface area (Å²) in [4.78, 5) is 4.68. The number of nitrogens with zero attached hydrogens (tertiary/aromatic N) is 4. The van der Waals surface area contributed by atoms with E-state index < -0.39 is 0 Å². The van der Waals surface area contributed by atoms with Crippen molar-refractivity contribution in [2.45, 2.75) is 0 Å². The van der Waals surface area contributed by atoms with Crippen LogP contribution in [-0.4, -0.2) is 16.5 Å². The summed E-state index contributed by atoms with van der Waals surface area (Å²) in [6, 6.07) is 19.3. The minimum absolute atomic E-state index is 0.357. The lowest BCUT2D eigenvalue weighted by Gasteiger charge is -2.06. The van der Waals surface area contributed by atoms with Crippen molar-refractivity contribution in [3.8, 4) is 17.0 Å². The van der Waals surface area contributed by atoms with Gasteiger partial charge in [0.15, 0.2) is 5.82 Å². The van der Waals surface area contributed by atoms with Gasteiger partial charge in [-0.15, -0.1) is 10.2 Å². The molecule has 4 aromatic rings. The molecule has 0 bridgehead atoms. The Hall–Kier alpha value is -3.54. The molecule has 0 fully saturated rings. The maximum atomic E-state index is 13.4. The van der Waals surface area contributed by atoms with E-state index in [0.717, 1.165) is 11.2 Å². The number of pyridine rings is 1. The average Bonchev–Trinajstić information content (AvgIpc) is 3.05. The van der Waals surface area contributed by atoms with Gasteiger partial charge in [-0.2, -0.15) is 0 Å². The van der Waals surface area contributed by atoms with Gasteiger partial charge in [-0.05, 0) is 36.4 Å². The van der Waals surface area contributed by atoms with Crippen LogP contribution in [0.2, 0.25) is 0 Å². The first-order valence-corrected chi connectivity index (χ1v) is 8.04. The second kappa shape index (κ2) is 6.76. The Morgan fingerprint density at radius 1 is 0.962 bits per heavy atom. The molecule has 0 N–H and O–H groups in total. The predicted molar refractivity (Wildman–Crippen MR) is 97.8 cm³/mol. The summed E-state index contributed by atoms with van der Waals surface area (Å²) in [5.41, 5.74) is 2.63. The molecule has 0 unspecified atom stereocenters. The summed E-state index contributed by atoms with van der Waals surface area (Å²) in [7, 11) is 1.61. The average molecular weight is 346 g/mol. The monoisotopic (exact) mass is 346 g/mol. The number of fused-ring (bicyclic) bond motifs is 1. The zero-order valence-corrected chi connectivity index (χ0v) is 14.0. The van der Waals surface area contributed by atoms with E-state index in [4.69, 9.17) is 4.74 Å². The van der Waals surface area contributed by atoms with Gasteiger partial charge in [0, 0.05) is 17.8 Å². The second-order valence-corrected chi connectivity index (χ2v) is 5.59. The van der Waals surface area contributed by atoms with Crippen molar-refractivity contribution in [3.63, 3.8) is 0 Å². The molecule has 128 valence electrons. The maximum absolute atomic E-state index is 13.4. The largest absolute Gasteiger partial charge is 0.496 e. The molecule has 0 aliphatic carbocycles. The Morgan fingerprint density at radius 3 is 2.65 bits per heavy atom. The molecular formula is C20H15FN4O. The summed E-state index contributed by atoms with van der Waals surface area (Å²) in [6.45, 7) is 0. The predicted octanol–water partition coefficient (Wildman–Crippen LogP) is 5.56. The number of ether oxygens (including phenoxy) is 1. The lowest BCUT2D eigenvalue weighted by atomic mass is 10.1. The highest BCUT2D eigenvalue weighted by Gasteiger charge is 2.17. The van der Waals surface area contributed by atoms with Gasteiger partial charge in [0.05, 0.1) is 12.8 Å². The van der Waals surface area contributed by atoms with Crippen LogP contribution in [0.1, 0.15) is 0 Å². The van der Waals surface area contributed by atoms with Gasteiger partial charge in [0.2, 0.25) is 0 Å². The van der Waals surface area contributed by atoms with Crippen LogP contribution in [0, 0.1) is 5.82 Å². The Morgan fingerprint density at radius 2 is 1.81 bits per heavy atom. The number of benzene rings is 2. The summed E-state index contributed by atoms with van der Waals surface area (Å²) in [6.07, 6.45) is 1.86. The smallest absolute Gasteiger partial charge is 0.187 e. The standard InChI is InChI=1S/C20H15FN4O/c1-26-17-10-3-2-9-16(17)19-20(25-12-5-4-11-18(25)22-19)24-23-15-8-6-7-14(21)13-15/h2-13H,1H3. The highest BCUT2D eigenvalue weighted by molar-refractivity contribution is 5.78. The van der Waals surface area contributed by atoms with E-state index in [2.05, 4.69) is 15.2 Å². The molecule has 0 saturated carbocycles. The van der Waals surface area contributed by atoms with Crippen LogP contribution in [-0.2, 0) is 0 Å². The van der Waals surface area contributed by atoms with E-state index in [0.29, 0.717) is 22.9 Å². The van der Waals surface area contributed by atoms with Crippen molar-refractivity contribution in [1.29, 1.82) is 0 Å². The molecule has 6 heteroatoms. The molecule has 0 aliphatic rings.